The highest BCUT2D eigenvalue weighted by atomic mass is 16.6. The van der Waals surface area contributed by atoms with Gasteiger partial charge in [0.05, 0.1) is 18.1 Å². The van der Waals surface area contributed by atoms with Crippen LogP contribution in [-0.4, -0.2) is 42.0 Å². The summed E-state index contributed by atoms with van der Waals surface area (Å²) in [5.41, 5.74) is 0.531. The van der Waals surface area contributed by atoms with Crippen molar-refractivity contribution in [2.45, 2.75) is 69.2 Å². The van der Waals surface area contributed by atoms with Crippen LogP contribution < -0.4 is 9.47 Å². The Morgan fingerprint density at radius 3 is 2.87 bits per heavy atom. The Morgan fingerprint density at radius 2 is 2.13 bits per heavy atom. The van der Waals surface area contributed by atoms with Gasteiger partial charge in [0.1, 0.15) is 5.76 Å². The number of carbonyl (C=O) groups excluding carboxylic acids is 2. The third-order valence-corrected chi connectivity index (χ3v) is 7.36. The minimum Gasteiger partial charge on any atom is -0.493 e. The van der Waals surface area contributed by atoms with E-state index < -0.39 is 35.2 Å². The average Bonchev–Trinajstić information content (AvgIpc) is 3.04. The fourth-order valence-electron chi connectivity index (χ4n) is 6.18. The summed E-state index contributed by atoms with van der Waals surface area (Å²) in [4.78, 5) is 23.8. The van der Waals surface area contributed by atoms with Gasteiger partial charge in [-0.1, -0.05) is 12.5 Å². The molecule has 0 radical (unpaired) electrons. The number of carbonyl (C=O) groups is 2. The summed E-state index contributed by atoms with van der Waals surface area (Å²) in [6, 6.07) is 3.97. The molecule has 3 aliphatic carbocycles. The maximum absolute atomic E-state index is 12.6. The Bertz CT molecular complexity index is 967. The van der Waals surface area contributed by atoms with Crippen molar-refractivity contribution in [3.05, 3.63) is 35.1 Å². The fourth-order valence-corrected chi connectivity index (χ4v) is 6.18. The van der Waals surface area contributed by atoms with Crippen molar-refractivity contribution in [2.75, 3.05) is 7.11 Å². The second kappa shape index (κ2) is 6.48. The van der Waals surface area contributed by atoms with Gasteiger partial charge < -0.3 is 24.1 Å². The summed E-state index contributed by atoms with van der Waals surface area (Å²) in [6.07, 6.45) is 3.96. The van der Waals surface area contributed by atoms with E-state index in [1.807, 2.05) is 6.07 Å². The van der Waals surface area contributed by atoms with Gasteiger partial charge in [-0.05, 0) is 56.2 Å². The molecule has 0 amide bonds. The SMILES string of the molecule is COc1ccc2c3c1O[C@@H]1C(OC(=O)[C@H](C)OC(C)=O)=CC[C@]4(O)[C@@H](CCC[C@@]314)C2. The Morgan fingerprint density at radius 1 is 1.33 bits per heavy atom. The molecule has 5 rings (SSSR count). The number of benzene rings is 1. The second-order valence-electron chi connectivity index (χ2n) is 8.80. The molecule has 1 fully saturated rings. The van der Waals surface area contributed by atoms with E-state index in [0.717, 1.165) is 31.2 Å². The first-order chi connectivity index (χ1) is 14.3. The second-order valence-corrected chi connectivity index (χ2v) is 8.80. The molecule has 7 nitrogen and oxygen atoms in total. The molecular weight excluding hydrogens is 388 g/mol. The standard InChI is InChI=1S/C23H26O7/c1-12(28-13(2)24)21(25)29-17-8-10-23(26)15-5-4-9-22(23)18-14(11-15)6-7-16(27-3)19(18)30-20(17)22/h6-8,12,15,20,26H,4-5,9-11H2,1-3H3/t12-,15-,20+,22+,23-/m0/s1. The molecule has 7 heteroatoms. The summed E-state index contributed by atoms with van der Waals surface area (Å²) in [5.74, 6) is 0.533. The zero-order valence-corrected chi connectivity index (χ0v) is 17.4. The molecule has 1 aliphatic heterocycles. The Kier molecular flexibility index (Phi) is 4.19. The number of methoxy groups -OCH3 is 1. The van der Waals surface area contributed by atoms with Gasteiger partial charge in [0.2, 0.25) is 0 Å². The van der Waals surface area contributed by atoms with Gasteiger partial charge in [0.15, 0.2) is 23.7 Å². The maximum Gasteiger partial charge on any atom is 0.352 e. The van der Waals surface area contributed by atoms with Gasteiger partial charge in [0, 0.05) is 12.5 Å². The minimum atomic E-state index is -1.03. The highest BCUT2D eigenvalue weighted by Gasteiger charge is 2.70. The molecule has 1 heterocycles. The van der Waals surface area contributed by atoms with Gasteiger partial charge in [0.25, 0.3) is 0 Å². The third kappa shape index (κ3) is 2.35. The summed E-state index contributed by atoms with van der Waals surface area (Å²) in [6.45, 7) is 2.72. The van der Waals surface area contributed by atoms with Crippen LogP contribution in [0.5, 0.6) is 11.5 Å². The molecule has 5 atom stereocenters. The molecule has 1 spiro atoms. The van der Waals surface area contributed by atoms with Crippen LogP contribution in [0.15, 0.2) is 24.0 Å². The molecule has 1 N–H and O–H groups in total. The molecule has 0 saturated heterocycles. The van der Waals surface area contributed by atoms with E-state index in [0.29, 0.717) is 23.7 Å². The zero-order chi connectivity index (χ0) is 21.3. The van der Waals surface area contributed by atoms with E-state index in [2.05, 4.69) is 6.07 Å². The predicted molar refractivity (Wildman–Crippen MR) is 105 cm³/mol. The van der Waals surface area contributed by atoms with E-state index in [1.54, 1.807) is 13.2 Å². The molecule has 30 heavy (non-hydrogen) atoms. The molecule has 160 valence electrons. The lowest BCUT2D eigenvalue weighted by Crippen LogP contribution is -2.67. The first-order valence-electron chi connectivity index (χ1n) is 10.5. The molecule has 0 unspecified atom stereocenters. The summed E-state index contributed by atoms with van der Waals surface area (Å²) >= 11 is 0. The number of aliphatic hydroxyl groups is 1. The fraction of sp³-hybridized carbons (Fsp3) is 0.565. The van der Waals surface area contributed by atoms with Crippen LogP contribution in [0.1, 0.15) is 50.7 Å². The van der Waals surface area contributed by atoms with E-state index in [9.17, 15) is 14.7 Å². The number of hydrogen-bond donors (Lipinski definition) is 1. The summed E-state index contributed by atoms with van der Waals surface area (Å²) in [7, 11) is 1.59. The molecule has 0 aromatic heterocycles. The van der Waals surface area contributed by atoms with Crippen LogP contribution >= 0.6 is 0 Å². The van der Waals surface area contributed by atoms with Crippen molar-refractivity contribution >= 4 is 11.9 Å². The van der Waals surface area contributed by atoms with Crippen LogP contribution in [0.4, 0.5) is 0 Å². The molecular formula is C23H26O7. The van der Waals surface area contributed by atoms with Gasteiger partial charge in [-0.15, -0.1) is 0 Å². The quantitative estimate of drug-likeness (QED) is 0.757. The van der Waals surface area contributed by atoms with Crippen LogP contribution in [0.3, 0.4) is 0 Å². The molecule has 4 aliphatic rings. The average molecular weight is 414 g/mol. The normalized spacial score (nSPS) is 33.5. The van der Waals surface area contributed by atoms with Gasteiger partial charge in [-0.3, -0.25) is 4.79 Å². The van der Waals surface area contributed by atoms with Crippen LogP contribution in [0.2, 0.25) is 0 Å². The van der Waals surface area contributed by atoms with E-state index in [-0.39, 0.29) is 5.92 Å². The Labute approximate surface area is 174 Å². The molecule has 1 saturated carbocycles. The lowest BCUT2D eigenvalue weighted by atomic mass is 9.47. The summed E-state index contributed by atoms with van der Waals surface area (Å²) in [5, 5.41) is 12.0. The van der Waals surface area contributed by atoms with Crippen LogP contribution in [0, 0.1) is 5.92 Å². The Hall–Kier alpha value is -2.54. The predicted octanol–water partition coefficient (Wildman–Crippen LogP) is 2.56. The number of esters is 2. The monoisotopic (exact) mass is 414 g/mol. The van der Waals surface area contributed by atoms with Crippen LogP contribution in [-0.2, 0) is 30.9 Å². The minimum absolute atomic E-state index is 0.123. The molecule has 2 bridgehead atoms. The van der Waals surface area contributed by atoms with E-state index >= 15 is 0 Å². The van der Waals surface area contributed by atoms with Gasteiger partial charge in [-0.2, -0.15) is 0 Å². The summed E-state index contributed by atoms with van der Waals surface area (Å²) < 4.78 is 22.6. The first-order valence-corrected chi connectivity index (χ1v) is 10.5. The highest BCUT2D eigenvalue weighted by Crippen LogP contribution is 2.67. The van der Waals surface area contributed by atoms with Crippen LogP contribution in [0.25, 0.3) is 0 Å². The van der Waals surface area contributed by atoms with Crippen molar-refractivity contribution in [2.24, 2.45) is 5.92 Å². The maximum atomic E-state index is 12.6. The Balaban J connectivity index is 1.59. The smallest absolute Gasteiger partial charge is 0.352 e. The van der Waals surface area contributed by atoms with Crippen molar-refractivity contribution in [1.82, 2.24) is 0 Å². The van der Waals surface area contributed by atoms with Crippen molar-refractivity contribution in [3.63, 3.8) is 0 Å². The number of rotatable bonds is 4. The lowest BCUT2D eigenvalue weighted by Gasteiger charge is -2.59. The topological polar surface area (TPSA) is 91.3 Å². The number of ether oxygens (including phenoxy) is 4. The first kappa shape index (κ1) is 19.4. The van der Waals surface area contributed by atoms with Gasteiger partial charge >= 0.3 is 11.9 Å². The molecule has 1 aromatic carbocycles. The highest BCUT2D eigenvalue weighted by molar-refractivity contribution is 5.79. The largest absolute Gasteiger partial charge is 0.493 e. The van der Waals surface area contributed by atoms with E-state index in [1.165, 1.54) is 19.4 Å². The number of hydrogen-bond acceptors (Lipinski definition) is 7. The van der Waals surface area contributed by atoms with Gasteiger partial charge in [-0.25, -0.2) is 4.79 Å². The van der Waals surface area contributed by atoms with E-state index in [4.69, 9.17) is 18.9 Å². The third-order valence-electron chi connectivity index (χ3n) is 7.36. The molecule has 1 aromatic rings. The van der Waals surface area contributed by atoms with Crippen molar-refractivity contribution in [1.29, 1.82) is 0 Å². The van der Waals surface area contributed by atoms with Crippen molar-refractivity contribution in [3.8, 4) is 11.5 Å². The lowest BCUT2D eigenvalue weighted by molar-refractivity contribution is -0.170. The van der Waals surface area contributed by atoms with Crippen molar-refractivity contribution < 1.29 is 33.6 Å². The zero-order valence-electron chi connectivity index (χ0n) is 17.4.